The molecule has 2 atom stereocenters. The molecule has 1 spiro atoms. The Bertz CT molecular complexity index is 725. The minimum atomic E-state index is -0.519. The molecule has 2 aromatic carbocycles. The summed E-state index contributed by atoms with van der Waals surface area (Å²) in [5.41, 5.74) is 2.94. The van der Waals surface area contributed by atoms with Gasteiger partial charge in [0.1, 0.15) is 6.61 Å². The molecule has 4 rings (SSSR count). The highest BCUT2D eigenvalue weighted by Gasteiger charge is 2.49. The molecule has 3 nitrogen and oxygen atoms in total. The molecule has 0 N–H and O–H groups in total. The van der Waals surface area contributed by atoms with Gasteiger partial charge in [-0.15, -0.1) is 0 Å². The Morgan fingerprint density at radius 1 is 1.08 bits per heavy atom. The summed E-state index contributed by atoms with van der Waals surface area (Å²) in [6.07, 6.45) is 3.66. The van der Waals surface area contributed by atoms with Crippen molar-refractivity contribution < 1.29 is 14.3 Å². The zero-order valence-corrected chi connectivity index (χ0v) is 13.7. The van der Waals surface area contributed by atoms with Crippen molar-refractivity contribution in [3.63, 3.8) is 0 Å². The van der Waals surface area contributed by atoms with E-state index in [9.17, 15) is 4.79 Å². The minimum absolute atomic E-state index is 0.0748. The molecule has 124 valence electrons. The van der Waals surface area contributed by atoms with Crippen LogP contribution in [-0.2, 0) is 32.9 Å². The van der Waals surface area contributed by atoms with Gasteiger partial charge < -0.3 is 9.47 Å². The molecule has 0 aromatic heterocycles. The van der Waals surface area contributed by atoms with Gasteiger partial charge in [-0.05, 0) is 42.4 Å². The van der Waals surface area contributed by atoms with Crippen LogP contribution < -0.4 is 0 Å². The highest BCUT2D eigenvalue weighted by molar-refractivity contribution is 5.85. The second-order valence-corrected chi connectivity index (χ2v) is 6.83. The zero-order chi connectivity index (χ0) is 16.4. The van der Waals surface area contributed by atoms with Crippen LogP contribution in [0.15, 0.2) is 54.6 Å². The first kappa shape index (κ1) is 15.4. The number of rotatable bonds is 3. The summed E-state index contributed by atoms with van der Waals surface area (Å²) >= 11 is 0. The summed E-state index contributed by atoms with van der Waals surface area (Å²) in [7, 11) is 0. The lowest BCUT2D eigenvalue weighted by atomic mass is 9.66. The first-order valence-electron chi connectivity index (χ1n) is 8.69. The van der Waals surface area contributed by atoms with Crippen LogP contribution in [0.25, 0.3) is 0 Å². The lowest BCUT2D eigenvalue weighted by Gasteiger charge is -2.42. The first-order valence-corrected chi connectivity index (χ1v) is 8.69. The average molecular weight is 322 g/mol. The Labute approximate surface area is 142 Å². The SMILES string of the molecule is O=C1OCc2ccccc2C12CCCC(OCc1ccccc1)C2. The smallest absolute Gasteiger partial charge is 0.317 e. The number of hydrogen-bond acceptors (Lipinski definition) is 3. The second kappa shape index (κ2) is 6.40. The van der Waals surface area contributed by atoms with Gasteiger partial charge in [-0.3, -0.25) is 4.79 Å². The van der Waals surface area contributed by atoms with E-state index in [2.05, 4.69) is 24.3 Å². The fourth-order valence-corrected chi connectivity index (χ4v) is 4.09. The maximum absolute atomic E-state index is 12.7. The standard InChI is InChI=1S/C21H22O3/c22-20-21(19-11-5-4-9-17(19)15-24-20)12-6-10-18(13-21)23-14-16-7-2-1-3-8-16/h1-5,7-9,11,18H,6,10,12-15H2. The van der Waals surface area contributed by atoms with Gasteiger partial charge in [0.2, 0.25) is 0 Å². The zero-order valence-electron chi connectivity index (χ0n) is 13.7. The number of carbonyl (C=O) groups excluding carboxylic acids is 1. The monoisotopic (exact) mass is 322 g/mol. The van der Waals surface area contributed by atoms with Crippen molar-refractivity contribution in [1.29, 1.82) is 0 Å². The molecule has 24 heavy (non-hydrogen) atoms. The van der Waals surface area contributed by atoms with Crippen molar-refractivity contribution in [2.45, 2.75) is 50.4 Å². The fraction of sp³-hybridized carbons (Fsp3) is 0.381. The van der Waals surface area contributed by atoms with Crippen molar-refractivity contribution in [1.82, 2.24) is 0 Å². The van der Waals surface area contributed by atoms with Crippen molar-refractivity contribution >= 4 is 5.97 Å². The predicted octanol–water partition coefficient (Wildman–Crippen LogP) is 4.14. The Morgan fingerprint density at radius 2 is 1.88 bits per heavy atom. The average Bonchev–Trinajstić information content (AvgIpc) is 2.65. The number of fused-ring (bicyclic) bond motifs is 2. The molecule has 0 radical (unpaired) electrons. The summed E-state index contributed by atoms with van der Waals surface area (Å²) in [5.74, 6) is -0.0748. The molecule has 1 aliphatic carbocycles. The maximum atomic E-state index is 12.7. The van der Waals surface area contributed by atoms with Crippen LogP contribution in [0, 0.1) is 0 Å². The third-order valence-electron chi connectivity index (χ3n) is 5.32. The molecule has 0 bridgehead atoms. The molecule has 1 saturated carbocycles. The number of hydrogen-bond donors (Lipinski definition) is 0. The number of ether oxygens (including phenoxy) is 2. The molecular weight excluding hydrogens is 300 g/mol. The van der Waals surface area contributed by atoms with Crippen molar-refractivity contribution in [2.75, 3.05) is 0 Å². The summed E-state index contributed by atoms with van der Waals surface area (Å²) in [6, 6.07) is 18.4. The van der Waals surface area contributed by atoms with E-state index >= 15 is 0 Å². The largest absolute Gasteiger partial charge is 0.460 e. The molecule has 1 heterocycles. The molecule has 0 amide bonds. The van der Waals surface area contributed by atoms with E-state index in [4.69, 9.17) is 9.47 Å². The lowest BCUT2D eigenvalue weighted by molar-refractivity contribution is -0.158. The van der Waals surface area contributed by atoms with E-state index in [1.54, 1.807) is 0 Å². The van der Waals surface area contributed by atoms with Gasteiger partial charge in [-0.1, -0.05) is 54.6 Å². The topological polar surface area (TPSA) is 35.5 Å². The number of carbonyl (C=O) groups is 1. The van der Waals surface area contributed by atoms with Gasteiger partial charge in [-0.2, -0.15) is 0 Å². The van der Waals surface area contributed by atoms with E-state index in [0.29, 0.717) is 13.2 Å². The fourth-order valence-electron chi connectivity index (χ4n) is 4.09. The van der Waals surface area contributed by atoms with Gasteiger partial charge in [0.05, 0.1) is 18.1 Å². The highest BCUT2D eigenvalue weighted by atomic mass is 16.5. The third-order valence-corrected chi connectivity index (χ3v) is 5.32. The first-order chi connectivity index (χ1) is 11.8. The van der Waals surface area contributed by atoms with Gasteiger partial charge >= 0.3 is 5.97 Å². The molecular formula is C21H22O3. The minimum Gasteiger partial charge on any atom is -0.460 e. The summed E-state index contributed by atoms with van der Waals surface area (Å²) in [6.45, 7) is 0.991. The molecule has 3 heteroatoms. The second-order valence-electron chi connectivity index (χ2n) is 6.83. The van der Waals surface area contributed by atoms with Gasteiger partial charge in [0.15, 0.2) is 0 Å². The Balaban J connectivity index is 1.55. The molecule has 2 aromatic rings. The molecule has 0 saturated heterocycles. The van der Waals surface area contributed by atoms with E-state index < -0.39 is 5.41 Å². The lowest BCUT2D eigenvalue weighted by Crippen LogP contribution is -2.46. The summed E-state index contributed by atoms with van der Waals surface area (Å²) in [5, 5.41) is 0. The van der Waals surface area contributed by atoms with Crippen molar-refractivity contribution in [3.8, 4) is 0 Å². The van der Waals surface area contributed by atoms with E-state index in [0.717, 1.165) is 36.8 Å². The van der Waals surface area contributed by atoms with Crippen LogP contribution in [0.2, 0.25) is 0 Å². The third kappa shape index (κ3) is 2.73. The normalized spacial score (nSPS) is 26.0. The predicted molar refractivity (Wildman–Crippen MR) is 91.4 cm³/mol. The Kier molecular flexibility index (Phi) is 4.11. The highest BCUT2D eigenvalue weighted by Crippen LogP contribution is 2.45. The Morgan fingerprint density at radius 3 is 2.75 bits per heavy atom. The molecule has 2 unspecified atom stereocenters. The molecule has 2 aliphatic rings. The summed E-state index contributed by atoms with van der Waals surface area (Å²) in [4.78, 5) is 12.7. The van der Waals surface area contributed by atoms with E-state index in [1.165, 1.54) is 5.56 Å². The van der Waals surface area contributed by atoms with Gasteiger partial charge in [0, 0.05) is 0 Å². The van der Waals surface area contributed by atoms with E-state index in [-0.39, 0.29) is 12.1 Å². The molecule has 1 fully saturated rings. The quantitative estimate of drug-likeness (QED) is 0.797. The number of benzene rings is 2. The van der Waals surface area contributed by atoms with Gasteiger partial charge in [0.25, 0.3) is 0 Å². The number of esters is 1. The van der Waals surface area contributed by atoms with Crippen LogP contribution in [0.1, 0.15) is 42.4 Å². The van der Waals surface area contributed by atoms with E-state index in [1.807, 2.05) is 30.3 Å². The van der Waals surface area contributed by atoms with Crippen molar-refractivity contribution in [3.05, 3.63) is 71.3 Å². The Hall–Kier alpha value is -2.13. The van der Waals surface area contributed by atoms with Crippen LogP contribution in [0.5, 0.6) is 0 Å². The van der Waals surface area contributed by atoms with Crippen molar-refractivity contribution in [2.24, 2.45) is 0 Å². The van der Waals surface area contributed by atoms with Crippen LogP contribution in [0.4, 0.5) is 0 Å². The summed E-state index contributed by atoms with van der Waals surface area (Å²) < 4.78 is 11.7. The maximum Gasteiger partial charge on any atom is 0.317 e. The van der Waals surface area contributed by atoms with Crippen LogP contribution in [-0.4, -0.2) is 12.1 Å². The molecule has 1 aliphatic heterocycles. The van der Waals surface area contributed by atoms with Crippen LogP contribution in [0.3, 0.4) is 0 Å². The van der Waals surface area contributed by atoms with Gasteiger partial charge in [-0.25, -0.2) is 0 Å². The van der Waals surface area contributed by atoms with Crippen LogP contribution >= 0.6 is 0 Å². The number of cyclic esters (lactones) is 1.